The predicted molar refractivity (Wildman–Crippen MR) is 93.0 cm³/mol. The molecule has 0 aliphatic carbocycles. The summed E-state index contributed by atoms with van der Waals surface area (Å²) in [6.45, 7) is 6.11. The zero-order valence-corrected chi connectivity index (χ0v) is 13.8. The Labute approximate surface area is 136 Å². The molecule has 0 aliphatic heterocycles. The minimum Gasteiger partial charge on any atom is -0.346 e. The van der Waals surface area contributed by atoms with Gasteiger partial charge >= 0.3 is 0 Å². The van der Waals surface area contributed by atoms with Gasteiger partial charge in [-0.1, -0.05) is 47.5 Å². The van der Waals surface area contributed by atoms with Gasteiger partial charge in [0.2, 0.25) is 5.91 Å². The molecule has 0 radical (unpaired) electrons. The lowest BCUT2D eigenvalue weighted by molar-refractivity contribution is -0.117. The lowest BCUT2D eigenvalue weighted by Crippen LogP contribution is -2.25. The van der Waals surface area contributed by atoms with Crippen molar-refractivity contribution in [3.8, 4) is 0 Å². The maximum atomic E-state index is 12.0. The third-order valence-corrected chi connectivity index (χ3v) is 3.81. The van der Waals surface area contributed by atoms with Crippen LogP contribution in [0.1, 0.15) is 35.2 Å². The van der Waals surface area contributed by atoms with Crippen LogP contribution in [0, 0.1) is 13.8 Å². The largest absolute Gasteiger partial charge is 0.346 e. The quantitative estimate of drug-likeness (QED) is 0.803. The first kappa shape index (κ1) is 16.3. The van der Waals surface area contributed by atoms with E-state index in [1.165, 1.54) is 11.1 Å². The van der Waals surface area contributed by atoms with Crippen molar-refractivity contribution in [2.45, 2.75) is 26.8 Å². The zero-order chi connectivity index (χ0) is 16.1. The van der Waals surface area contributed by atoms with Gasteiger partial charge in [-0.3, -0.25) is 4.79 Å². The van der Waals surface area contributed by atoms with E-state index in [2.05, 4.69) is 37.4 Å². The number of halogens is 1. The number of amides is 1. The van der Waals surface area contributed by atoms with Crippen molar-refractivity contribution in [2.75, 3.05) is 0 Å². The van der Waals surface area contributed by atoms with Crippen molar-refractivity contribution >= 4 is 23.6 Å². The molecular formula is C19H20ClNO. The van der Waals surface area contributed by atoms with E-state index in [4.69, 9.17) is 11.6 Å². The molecule has 0 saturated heterocycles. The van der Waals surface area contributed by atoms with Crippen LogP contribution in [0.5, 0.6) is 0 Å². The fraction of sp³-hybridized carbons (Fsp3) is 0.211. The van der Waals surface area contributed by atoms with Crippen LogP contribution in [-0.2, 0) is 4.79 Å². The van der Waals surface area contributed by atoms with Gasteiger partial charge in [0.05, 0.1) is 6.04 Å². The second-order valence-electron chi connectivity index (χ2n) is 5.48. The van der Waals surface area contributed by atoms with E-state index in [-0.39, 0.29) is 11.9 Å². The van der Waals surface area contributed by atoms with Crippen LogP contribution in [0.25, 0.3) is 6.08 Å². The van der Waals surface area contributed by atoms with Crippen LogP contribution < -0.4 is 5.32 Å². The first-order chi connectivity index (χ1) is 10.5. The van der Waals surface area contributed by atoms with Crippen LogP contribution in [0.4, 0.5) is 0 Å². The molecule has 2 aromatic rings. The fourth-order valence-corrected chi connectivity index (χ4v) is 2.44. The molecule has 0 fully saturated rings. The molecule has 0 heterocycles. The molecule has 1 amide bonds. The number of rotatable bonds is 4. The zero-order valence-electron chi connectivity index (χ0n) is 13.1. The highest BCUT2D eigenvalue weighted by molar-refractivity contribution is 6.30. The monoisotopic (exact) mass is 313 g/mol. The Balaban J connectivity index is 2.02. The number of carbonyl (C=O) groups is 1. The third kappa shape index (κ3) is 4.47. The summed E-state index contributed by atoms with van der Waals surface area (Å²) in [4.78, 5) is 12.0. The molecule has 22 heavy (non-hydrogen) atoms. The molecule has 1 atom stereocenters. The normalized spacial score (nSPS) is 12.4. The van der Waals surface area contributed by atoms with E-state index in [9.17, 15) is 4.79 Å². The van der Waals surface area contributed by atoms with Gasteiger partial charge in [0.15, 0.2) is 0 Å². The van der Waals surface area contributed by atoms with Gasteiger partial charge < -0.3 is 5.32 Å². The van der Waals surface area contributed by atoms with Gasteiger partial charge in [0.1, 0.15) is 0 Å². The van der Waals surface area contributed by atoms with Crippen LogP contribution >= 0.6 is 11.6 Å². The van der Waals surface area contributed by atoms with E-state index in [0.29, 0.717) is 5.02 Å². The van der Waals surface area contributed by atoms with Gasteiger partial charge in [-0.25, -0.2) is 0 Å². The number of nitrogens with one attached hydrogen (secondary N) is 1. The molecule has 1 unspecified atom stereocenters. The molecule has 2 nitrogen and oxygen atoms in total. The summed E-state index contributed by atoms with van der Waals surface area (Å²) < 4.78 is 0. The van der Waals surface area contributed by atoms with Crippen LogP contribution in [0.3, 0.4) is 0 Å². The molecule has 0 aromatic heterocycles. The third-order valence-electron chi connectivity index (χ3n) is 3.56. The first-order valence-electron chi connectivity index (χ1n) is 7.27. The van der Waals surface area contributed by atoms with Gasteiger partial charge in [-0.05, 0) is 55.7 Å². The van der Waals surface area contributed by atoms with E-state index < -0.39 is 0 Å². The molecule has 2 aromatic carbocycles. The summed E-state index contributed by atoms with van der Waals surface area (Å²) in [5.41, 5.74) is 4.46. The van der Waals surface area contributed by atoms with Crippen molar-refractivity contribution in [2.24, 2.45) is 0 Å². The van der Waals surface area contributed by atoms with Gasteiger partial charge in [-0.15, -0.1) is 0 Å². The number of benzene rings is 2. The Morgan fingerprint density at radius 1 is 1.14 bits per heavy atom. The average molecular weight is 314 g/mol. The average Bonchev–Trinajstić information content (AvgIpc) is 2.49. The number of carbonyl (C=O) groups excluding carboxylic acids is 1. The highest BCUT2D eigenvalue weighted by atomic mass is 35.5. The number of aryl methyl sites for hydroxylation is 2. The molecule has 0 spiro atoms. The second kappa shape index (κ2) is 7.28. The molecule has 3 heteroatoms. The number of hydrogen-bond acceptors (Lipinski definition) is 1. The maximum absolute atomic E-state index is 12.0. The van der Waals surface area contributed by atoms with Crippen LogP contribution in [-0.4, -0.2) is 5.91 Å². The first-order valence-corrected chi connectivity index (χ1v) is 7.65. The summed E-state index contributed by atoms with van der Waals surface area (Å²) >= 11 is 5.84. The van der Waals surface area contributed by atoms with Gasteiger partial charge in [0, 0.05) is 11.1 Å². The van der Waals surface area contributed by atoms with Crippen LogP contribution in [0.2, 0.25) is 5.02 Å². The molecule has 0 aliphatic rings. The topological polar surface area (TPSA) is 29.1 Å². The molecule has 114 valence electrons. The molecular weight excluding hydrogens is 294 g/mol. The lowest BCUT2D eigenvalue weighted by Gasteiger charge is -2.16. The fourth-order valence-electron chi connectivity index (χ4n) is 2.31. The maximum Gasteiger partial charge on any atom is 0.244 e. The van der Waals surface area contributed by atoms with E-state index in [0.717, 1.165) is 11.1 Å². The Morgan fingerprint density at radius 2 is 1.82 bits per heavy atom. The van der Waals surface area contributed by atoms with Crippen molar-refractivity contribution < 1.29 is 4.79 Å². The lowest BCUT2D eigenvalue weighted by atomic mass is 10.00. The standard InChI is InChI=1S/C19H20ClNO/c1-13-4-5-14(2)18(12-13)15(3)21-19(22)11-8-16-6-9-17(20)10-7-16/h4-12,15H,1-3H3,(H,21,22)/b11-8+. The smallest absolute Gasteiger partial charge is 0.244 e. The highest BCUT2D eigenvalue weighted by Crippen LogP contribution is 2.19. The van der Waals surface area contributed by atoms with Crippen molar-refractivity contribution in [3.05, 3.63) is 75.8 Å². The molecule has 0 saturated carbocycles. The van der Waals surface area contributed by atoms with Gasteiger partial charge in [-0.2, -0.15) is 0 Å². The molecule has 1 N–H and O–H groups in total. The van der Waals surface area contributed by atoms with E-state index >= 15 is 0 Å². The Kier molecular flexibility index (Phi) is 5.40. The summed E-state index contributed by atoms with van der Waals surface area (Å²) in [5.74, 6) is -0.108. The van der Waals surface area contributed by atoms with Gasteiger partial charge in [0.25, 0.3) is 0 Å². The van der Waals surface area contributed by atoms with E-state index in [1.807, 2.05) is 19.1 Å². The summed E-state index contributed by atoms with van der Waals surface area (Å²) in [5, 5.41) is 3.68. The molecule has 0 bridgehead atoms. The van der Waals surface area contributed by atoms with Crippen LogP contribution in [0.15, 0.2) is 48.5 Å². The Morgan fingerprint density at radius 3 is 2.50 bits per heavy atom. The van der Waals surface area contributed by atoms with E-state index in [1.54, 1.807) is 24.3 Å². The Bertz CT molecular complexity index is 689. The van der Waals surface area contributed by atoms with Crippen molar-refractivity contribution in [1.29, 1.82) is 0 Å². The Hall–Kier alpha value is -2.06. The summed E-state index contributed by atoms with van der Waals surface area (Å²) in [6.07, 6.45) is 3.33. The SMILES string of the molecule is Cc1ccc(C)c(C(C)NC(=O)/C=C/c2ccc(Cl)cc2)c1. The number of hydrogen-bond donors (Lipinski definition) is 1. The van der Waals surface area contributed by atoms with Crippen molar-refractivity contribution in [1.82, 2.24) is 5.32 Å². The molecule has 2 rings (SSSR count). The minimum absolute atomic E-state index is 0.0257. The highest BCUT2D eigenvalue weighted by Gasteiger charge is 2.10. The summed E-state index contributed by atoms with van der Waals surface area (Å²) in [6, 6.07) is 13.6. The predicted octanol–water partition coefficient (Wildman–Crippen LogP) is 4.85. The van der Waals surface area contributed by atoms with Crippen molar-refractivity contribution in [3.63, 3.8) is 0 Å². The second-order valence-corrected chi connectivity index (χ2v) is 5.91. The minimum atomic E-state index is -0.108. The summed E-state index contributed by atoms with van der Waals surface area (Å²) in [7, 11) is 0.